The first-order chi connectivity index (χ1) is 9.07. The van der Waals surface area contributed by atoms with Crippen molar-refractivity contribution in [2.24, 2.45) is 11.1 Å². The Hall–Kier alpha value is -0.160. The third-order valence-corrected chi connectivity index (χ3v) is 4.23. The van der Waals surface area contributed by atoms with Crippen molar-refractivity contribution in [3.8, 4) is 0 Å². The lowest BCUT2D eigenvalue weighted by atomic mass is 9.87. The van der Waals surface area contributed by atoms with E-state index < -0.39 is 0 Å². The van der Waals surface area contributed by atoms with Crippen LogP contribution in [0, 0.1) is 5.41 Å². The van der Waals surface area contributed by atoms with Crippen molar-refractivity contribution in [2.75, 3.05) is 52.4 Å². The summed E-state index contributed by atoms with van der Waals surface area (Å²) in [7, 11) is 0. The SMILES string of the molecule is CC(C)(CN)CCCCN1CCCN(CCO)CC1. The quantitative estimate of drug-likeness (QED) is 0.650. The predicted molar refractivity (Wildman–Crippen MR) is 81.3 cm³/mol. The Balaban J connectivity index is 2.13. The minimum atomic E-state index is 0.286. The van der Waals surface area contributed by atoms with E-state index >= 15 is 0 Å². The fraction of sp³-hybridized carbons (Fsp3) is 1.00. The number of nitrogens with two attached hydrogens (primary N) is 1. The topological polar surface area (TPSA) is 52.7 Å². The fourth-order valence-electron chi connectivity index (χ4n) is 2.65. The van der Waals surface area contributed by atoms with Crippen molar-refractivity contribution < 1.29 is 5.11 Å². The van der Waals surface area contributed by atoms with Crippen molar-refractivity contribution in [3.05, 3.63) is 0 Å². The van der Waals surface area contributed by atoms with Crippen LogP contribution in [0.3, 0.4) is 0 Å². The smallest absolute Gasteiger partial charge is 0.0558 e. The van der Waals surface area contributed by atoms with Crippen LogP contribution in [0.4, 0.5) is 0 Å². The van der Waals surface area contributed by atoms with Crippen molar-refractivity contribution in [1.82, 2.24) is 9.80 Å². The van der Waals surface area contributed by atoms with Crippen LogP contribution in [0.15, 0.2) is 0 Å². The summed E-state index contributed by atoms with van der Waals surface area (Å²) in [6, 6.07) is 0. The van der Waals surface area contributed by atoms with Gasteiger partial charge in [0.05, 0.1) is 6.61 Å². The molecule has 0 amide bonds. The molecule has 1 saturated heterocycles. The zero-order chi connectivity index (χ0) is 14.1. The highest BCUT2D eigenvalue weighted by atomic mass is 16.3. The van der Waals surface area contributed by atoms with Gasteiger partial charge in [0, 0.05) is 19.6 Å². The first-order valence-corrected chi connectivity index (χ1v) is 7.83. The molecule has 0 saturated carbocycles. The average molecular weight is 271 g/mol. The molecule has 1 rings (SSSR count). The van der Waals surface area contributed by atoms with Gasteiger partial charge in [-0.25, -0.2) is 0 Å². The van der Waals surface area contributed by atoms with Gasteiger partial charge in [0.15, 0.2) is 0 Å². The molecule has 1 fully saturated rings. The highest BCUT2D eigenvalue weighted by molar-refractivity contribution is 4.72. The van der Waals surface area contributed by atoms with Crippen molar-refractivity contribution in [1.29, 1.82) is 0 Å². The number of unbranched alkanes of at least 4 members (excludes halogenated alkanes) is 1. The predicted octanol–water partition coefficient (Wildman–Crippen LogP) is 1.14. The molecule has 0 aromatic heterocycles. The molecule has 0 bridgehead atoms. The molecule has 114 valence electrons. The monoisotopic (exact) mass is 271 g/mol. The number of rotatable bonds is 8. The molecule has 0 unspecified atom stereocenters. The fourth-order valence-corrected chi connectivity index (χ4v) is 2.65. The molecule has 4 heteroatoms. The number of hydrogen-bond donors (Lipinski definition) is 2. The summed E-state index contributed by atoms with van der Waals surface area (Å²) in [5.41, 5.74) is 6.06. The number of hydrogen-bond acceptors (Lipinski definition) is 4. The van der Waals surface area contributed by atoms with Gasteiger partial charge in [-0.3, -0.25) is 4.90 Å². The summed E-state index contributed by atoms with van der Waals surface area (Å²) in [6.45, 7) is 12.2. The maximum Gasteiger partial charge on any atom is 0.0558 e. The van der Waals surface area contributed by atoms with Crippen molar-refractivity contribution >= 4 is 0 Å². The maximum absolute atomic E-state index is 8.98. The minimum Gasteiger partial charge on any atom is -0.395 e. The van der Waals surface area contributed by atoms with Gasteiger partial charge in [-0.2, -0.15) is 0 Å². The highest BCUT2D eigenvalue weighted by Crippen LogP contribution is 2.21. The molecule has 19 heavy (non-hydrogen) atoms. The Labute approximate surface area is 118 Å². The average Bonchev–Trinajstić information content (AvgIpc) is 2.61. The number of β-amino-alcohol motifs (C(OH)–C–C–N with tert-alkyl or cyclic N) is 1. The Bertz CT molecular complexity index is 233. The Morgan fingerprint density at radius 2 is 1.63 bits per heavy atom. The summed E-state index contributed by atoms with van der Waals surface area (Å²) >= 11 is 0. The third-order valence-electron chi connectivity index (χ3n) is 4.23. The van der Waals surface area contributed by atoms with Gasteiger partial charge in [0.25, 0.3) is 0 Å². The lowest BCUT2D eigenvalue weighted by Gasteiger charge is -2.24. The zero-order valence-electron chi connectivity index (χ0n) is 12.9. The molecule has 0 atom stereocenters. The normalized spacial score (nSPS) is 19.6. The first-order valence-electron chi connectivity index (χ1n) is 7.83. The summed E-state index contributed by atoms with van der Waals surface area (Å²) in [6.07, 6.45) is 5.02. The second kappa shape index (κ2) is 8.90. The van der Waals surface area contributed by atoms with E-state index in [-0.39, 0.29) is 6.61 Å². The van der Waals surface area contributed by atoms with Gasteiger partial charge >= 0.3 is 0 Å². The van der Waals surface area contributed by atoms with E-state index in [4.69, 9.17) is 10.8 Å². The molecule has 0 radical (unpaired) electrons. The second-order valence-electron chi connectivity index (χ2n) is 6.59. The summed E-state index contributed by atoms with van der Waals surface area (Å²) < 4.78 is 0. The molecular weight excluding hydrogens is 238 g/mol. The van der Waals surface area contributed by atoms with E-state index in [1.807, 2.05) is 0 Å². The van der Waals surface area contributed by atoms with E-state index in [2.05, 4.69) is 23.6 Å². The van der Waals surface area contributed by atoms with E-state index in [0.717, 1.165) is 32.7 Å². The van der Waals surface area contributed by atoms with Crippen molar-refractivity contribution in [2.45, 2.75) is 39.5 Å². The number of aliphatic hydroxyl groups is 1. The van der Waals surface area contributed by atoms with Crippen LogP contribution >= 0.6 is 0 Å². The Morgan fingerprint density at radius 1 is 1.00 bits per heavy atom. The van der Waals surface area contributed by atoms with Crippen LogP contribution in [-0.4, -0.2) is 67.3 Å². The van der Waals surface area contributed by atoms with Gasteiger partial charge in [-0.15, -0.1) is 0 Å². The number of aliphatic hydroxyl groups excluding tert-OH is 1. The molecular formula is C15H33N3O. The Morgan fingerprint density at radius 3 is 2.21 bits per heavy atom. The second-order valence-corrected chi connectivity index (χ2v) is 6.59. The molecule has 1 aliphatic rings. The van der Waals surface area contributed by atoms with Crippen LogP contribution in [0.2, 0.25) is 0 Å². The van der Waals surface area contributed by atoms with E-state index in [0.29, 0.717) is 5.41 Å². The van der Waals surface area contributed by atoms with Gasteiger partial charge in [0.2, 0.25) is 0 Å². The van der Waals surface area contributed by atoms with Gasteiger partial charge in [0.1, 0.15) is 0 Å². The maximum atomic E-state index is 8.98. The summed E-state index contributed by atoms with van der Waals surface area (Å²) in [5, 5.41) is 8.98. The summed E-state index contributed by atoms with van der Waals surface area (Å²) in [4.78, 5) is 4.95. The van der Waals surface area contributed by atoms with Gasteiger partial charge in [-0.05, 0) is 50.9 Å². The highest BCUT2D eigenvalue weighted by Gasteiger charge is 2.16. The van der Waals surface area contributed by atoms with Crippen LogP contribution in [-0.2, 0) is 0 Å². The van der Waals surface area contributed by atoms with Gasteiger partial charge < -0.3 is 15.7 Å². The molecule has 0 aromatic rings. The van der Waals surface area contributed by atoms with E-state index in [9.17, 15) is 0 Å². The van der Waals surface area contributed by atoms with Crippen LogP contribution < -0.4 is 5.73 Å². The summed E-state index contributed by atoms with van der Waals surface area (Å²) in [5.74, 6) is 0. The van der Waals surface area contributed by atoms with Crippen LogP contribution in [0.25, 0.3) is 0 Å². The largest absolute Gasteiger partial charge is 0.395 e. The van der Waals surface area contributed by atoms with E-state index in [1.54, 1.807) is 0 Å². The molecule has 0 spiro atoms. The number of nitrogens with zero attached hydrogens (tertiary/aromatic N) is 2. The lowest BCUT2D eigenvalue weighted by Crippen LogP contribution is -2.33. The molecule has 0 aromatic carbocycles. The van der Waals surface area contributed by atoms with Crippen LogP contribution in [0.5, 0.6) is 0 Å². The van der Waals surface area contributed by atoms with Crippen molar-refractivity contribution in [3.63, 3.8) is 0 Å². The molecule has 1 aliphatic heterocycles. The molecule has 0 aliphatic carbocycles. The van der Waals surface area contributed by atoms with E-state index in [1.165, 1.54) is 38.8 Å². The van der Waals surface area contributed by atoms with Gasteiger partial charge in [-0.1, -0.05) is 20.3 Å². The third kappa shape index (κ3) is 7.25. The minimum absolute atomic E-state index is 0.286. The standard InChI is InChI=1S/C15H33N3O/c1-15(2,14-16)6-3-4-7-17-8-5-9-18(11-10-17)12-13-19/h19H,3-14,16H2,1-2H3. The first kappa shape index (κ1) is 16.9. The molecule has 4 nitrogen and oxygen atoms in total. The lowest BCUT2D eigenvalue weighted by molar-refractivity contribution is 0.196. The van der Waals surface area contributed by atoms with Crippen LogP contribution in [0.1, 0.15) is 39.5 Å². The zero-order valence-corrected chi connectivity index (χ0v) is 12.9. The Kier molecular flexibility index (Phi) is 7.91. The molecule has 3 N–H and O–H groups in total. The molecule has 1 heterocycles.